The van der Waals surface area contributed by atoms with Crippen LogP contribution in [0, 0.1) is 0 Å². The zero-order valence-corrected chi connectivity index (χ0v) is 9.58. The van der Waals surface area contributed by atoms with Gasteiger partial charge in [-0.25, -0.2) is 8.42 Å². The number of nitrogens with one attached hydrogen (secondary N) is 1. The molecule has 1 aliphatic carbocycles. The maximum Gasteiger partial charge on any atom is 0.229 e. The van der Waals surface area contributed by atoms with Gasteiger partial charge in [0.1, 0.15) is 0 Å². The summed E-state index contributed by atoms with van der Waals surface area (Å²) in [6.45, 7) is 0. The van der Waals surface area contributed by atoms with Gasteiger partial charge in [-0.2, -0.15) is 0 Å². The van der Waals surface area contributed by atoms with Crippen LogP contribution in [0.4, 0.5) is 5.69 Å². The van der Waals surface area contributed by atoms with Crippen LogP contribution < -0.4 is 4.72 Å². The summed E-state index contributed by atoms with van der Waals surface area (Å²) in [5, 5.41) is 12.0. The number of anilines is 1. The van der Waals surface area contributed by atoms with Gasteiger partial charge in [0, 0.05) is 11.3 Å². The maximum absolute atomic E-state index is 11.0. The number of sulfonamides is 1. The minimum Gasteiger partial charge on any atom is -0.411 e. The fourth-order valence-corrected chi connectivity index (χ4v) is 2.41. The molecule has 0 bridgehead atoms. The molecule has 2 N–H and O–H groups in total. The minimum atomic E-state index is -3.24. The van der Waals surface area contributed by atoms with Gasteiger partial charge in [-0.05, 0) is 30.5 Å². The van der Waals surface area contributed by atoms with E-state index in [0.717, 1.165) is 23.8 Å². The van der Waals surface area contributed by atoms with Crippen molar-refractivity contribution >= 4 is 21.4 Å². The molecule has 6 heteroatoms. The van der Waals surface area contributed by atoms with Crippen molar-refractivity contribution in [3.05, 3.63) is 29.3 Å². The predicted octanol–water partition coefficient (Wildman–Crippen LogP) is 1.18. The lowest BCUT2D eigenvalue weighted by molar-refractivity contribution is 0.318. The van der Waals surface area contributed by atoms with E-state index >= 15 is 0 Å². The SMILES string of the molecule is CS(=O)(=O)Nc1ccc2c(c1)CC/C2=N\O. The number of aryl methyl sites for hydroxylation is 1. The van der Waals surface area contributed by atoms with Gasteiger partial charge >= 0.3 is 0 Å². The minimum absolute atomic E-state index is 0.542. The molecule has 0 saturated heterocycles. The molecule has 2 rings (SSSR count). The molecular weight excluding hydrogens is 228 g/mol. The lowest BCUT2D eigenvalue weighted by Gasteiger charge is -2.05. The predicted molar refractivity (Wildman–Crippen MR) is 61.6 cm³/mol. The van der Waals surface area contributed by atoms with Gasteiger partial charge in [-0.15, -0.1) is 0 Å². The van der Waals surface area contributed by atoms with Gasteiger partial charge in [0.2, 0.25) is 10.0 Å². The van der Waals surface area contributed by atoms with E-state index in [2.05, 4.69) is 9.88 Å². The van der Waals surface area contributed by atoms with Crippen LogP contribution in [0.25, 0.3) is 0 Å². The van der Waals surface area contributed by atoms with E-state index in [4.69, 9.17) is 5.21 Å². The highest BCUT2D eigenvalue weighted by Gasteiger charge is 2.18. The number of fused-ring (bicyclic) bond motifs is 1. The molecule has 1 aliphatic rings. The van der Waals surface area contributed by atoms with Gasteiger partial charge < -0.3 is 5.21 Å². The van der Waals surface area contributed by atoms with Crippen molar-refractivity contribution in [2.45, 2.75) is 12.8 Å². The summed E-state index contributed by atoms with van der Waals surface area (Å²) in [5.74, 6) is 0. The first-order valence-electron chi connectivity index (χ1n) is 4.81. The highest BCUT2D eigenvalue weighted by Crippen LogP contribution is 2.25. The van der Waals surface area contributed by atoms with Gasteiger partial charge in [0.15, 0.2) is 0 Å². The number of nitrogens with zero attached hydrogens (tertiary/aromatic N) is 1. The number of rotatable bonds is 2. The molecule has 0 heterocycles. The Morgan fingerprint density at radius 3 is 2.75 bits per heavy atom. The van der Waals surface area contributed by atoms with E-state index < -0.39 is 10.0 Å². The quantitative estimate of drug-likeness (QED) is 0.602. The molecule has 0 saturated carbocycles. The van der Waals surface area contributed by atoms with Crippen LogP contribution in [0.5, 0.6) is 0 Å². The Morgan fingerprint density at radius 2 is 2.12 bits per heavy atom. The summed E-state index contributed by atoms with van der Waals surface area (Å²) in [7, 11) is -3.24. The van der Waals surface area contributed by atoms with Gasteiger partial charge in [0.05, 0.1) is 12.0 Å². The summed E-state index contributed by atoms with van der Waals surface area (Å²) in [4.78, 5) is 0. The second-order valence-electron chi connectivity index (χ2n) is 3.79. The molecule has 0 atom stereocenters. The van der Waals surface area contributed by atoms with Crippen LogP contribution >= 0.6 is 0 Å². The topological polar surface area (TPSA) is 78.8 Å². The van der Waals surface area contributed by atoms with Crippen molar-refractivity contribution in [1.82, 2.24) is 0 Å². The first kappa shape index (κ1) is 10.9. The Hall–Kier alpha value is -1.56. The number of hydrogen-bond acceptors (Lipinski definition) is 4. The average molecular weight is 240 g/mol. The molecule has 0 amide bonds. The van der Waals surface area contributed by atoms with E-state index in [-0.39, 0.29) is 0 Å². The van der Waals surface area contributed by atoms with Crippen molar-refractivity contribution < 1.29 is 13.6 Å². The Labute approximate surface area is 93.8 Å². The molecule has 1 aromatic rings. The molecule has 0 fully saturated rings. The zero-order valence-electron chi connectivity index (χ0n) is 8.77. The first-order chi connectivity index (χ1) is 7.49. The average Bonchev–Trinajstić information content (AvgIpc) is 2.57. The molecule has 5 nitrogen and oxygen atoms in total. The molecule has 0 aromatic heterocycles. The molecule has 0 spiro atoms. The van der Waals surface area contributed by atoms with Crippen molar-refractivity contribution in [3.8, 4) is 0 Å². The van der Waals surface area contributed by atoms with E-state index in [9.17, 15) is 8.42 Å². The summed E-state index contributed by atoms with van der Waals surface area (Å²) in [5.41, 5.74) is 3.09. The highest BCUT2D eigenvalue weighted by atomic mass is 32.2. The van der Waals surface area contributed by atoms with Gasteiger partial charge in [0.25, 0.3) is 0 Å². The van der Waals surface area contributed by atoms with E-state index in [0.29, 0.717) is 17.8 Å². The summed E-state index contributed by atoms with van der Waals surface area (Å²) >= 11 is 0. The van der Waals surface area contributed by atoms with Crippen molar-refractivity contribution in [2.75, 3.05) is 11.0 Å². The van der Waals surface area contributed by atoms with Crippen LogP contribution in [0.1, 0.15) is 17.5 Å². The highest BCUT2D eigenvalue weighted by molar-refractivity contribution is 7.92. The van der Waals surface area contributed by atoms with Crippen LogP contribution in [-0.4, -0.2) is 25.6 Å². The third-order valence-electron chi connectivity index (χ3n) is 2.47. The van der Waals surface area contributed by atoms with Crippen molar-refractivity contribution in [3.63, 3.8) is 0 Å². The second kappa shape index (κ2) is 3.79. The number of benzene rings is 1. The number of hydrogen-bond donors (Lipinski definition) is 2. The number of oxime groups is 1. The summed E-state index contributed by atoms with van der Waals surface area (Å²) < 4.78 is 24.5. The molecule has 0 aliphatic heterocycles. The Kier molecular flexibility index (Phi) is 2.59. The second-order valence-corrected chi connectivity index (χ2v) is 5.54. The van der Waals surface area contributed by atoms with Crippen molar-refractivity contribution in [1.29, 1.82) is 0 Å². The zero-order chi connectivity index (χ0) is 11.8. The van der Waals surface area contributed by atoms with E-state index in [1.807, 2.05) is 0 Å². The van der Waals surface area contributed by atoms with E-state index in [1.54, 1.807) is 18.2 Å². The molecule has 86 valence electrons. The largest absolute Gasteiger partial charge is 0.411 e. The molecule has 1 aromatic carbocycles. The lowest BCUT2D eigenvalue weighted by atomic mass is 10.1. The smallest absolute Gasteiger partial charge is 0.229 e. The Morgan fingerprint density at radius 1 is 1.38 bits per heavy atom. The molecule has 16 heavy (non-hydrogen) atoms. The van der Waals surface area contributed by atoms with Crippen molar-refractivity contribution in [2.24, 2.45) is 5.16 Å². The monoisotopic (exact) mass is 240 g/mol. The van der Waals surface area contributed by atoms with Crippen LogP contribution in [-0.2, 0) is 16.4 Å². The summed E-state index contributed by atoms with van der Waals surface area (Å²) in [6.07, 6.45) is 2.57. The third kappa shape index (κ3) is 2.16. The first-order valence-corrected chi connectivity index (χ1v) is 6.71. The molecular formula is C10H12N2O3S. The molecule has 0 unspecified atom stereocenters. The Bertz CT molecular complexity index is 549. The fraction of sp³-hybridized carbons (Fsp3) is 0.300. The fourth-order valence-electron chi connectivity index (χ4n) is 1.85. The van der Waals surface area contributed by atoms with Crippen LogP contribution in [0.15, 0.2) is 23.4 Å². The maximum atomic E-state index is 11.0. The lowest BCUT2D eigenvalue weighted by Crippen LogP contribution is -2.09. The Balaban J connectivity index is 2.36. The normalized spacial score (nSPS) is 17.4. The van der Waals surface area contributed by atoms with E-state index in [1.165, 1.54) is 0 Å². The van der Waals surface area contributed by atoms with Gasteiger partial charge in [-0.3, -0.25) is 4.72 Å². The van der Waals surface area contributed by atoms with Crippen LogP contribution in [0.2, 0.25) is 0 Å². The molecule has 0 radical (unpaired) electrons. The standard InChI is InChI=1S/C10H12N2O3S/c1-16(14,15)12-8-3-4-9-7(6-8)2-5-10(9)11-13/h3-4,6,12-13H,2,5H2,1H3/b11-10+. The van der Waals surface area contributed by atoms with Gasteiger partial charge in [-0.1, -0.05) is 11.2 Å². The summed E-state index contributed by atoms with van der Waals surface area (Å²) in [6, 6.07) is 5.20. The third-order valence-corrected chi connectivity index (χ3v) is 3.08. The van der Waals surface area contributed by atoms with Crippen LogP contribution in [0.3, 0.4) is 0 Å².